The zero-order chi connectivity index (χ0) is 59.9. The molecule has 0 fully saturated rings. The molecule has 0 aromatic carbocycles. The number of ether oxygens (including phenoxy) is 3. The second-order valence-corrected chi connectivity index (χ2v) is 22.7. The highest BCUT2D eigenvalue weighted by molar-refractivity contribution is 5.71. The quantitative estimate of drug-likeness (QED) is 0.0261. The van der Waals surface area contributed by atoms with Gasteiger partial charge in [-0.2, -0.15) is 0 Å². The van der Waals surface area contributed by atoms with Crippen LogP contribution in [0.3, 0.4) is 0 Å². The van der Waals surface area contributed by atoms with Crippen molar-refractivity contribution in [1.82, 2.24) is 0 Å². The standard InChI is InChI=1S/C77H128O6/c1-4-7-10-13-16-19-22-25-28-31-33-34-35-36-37-38-39-40-41-42-43-44-45-47-49-52-55-58-61-64-67-70-76(79)82-73-74(72-81-75(78)69-66-63-60-57-54-51-48-30-27-24-21-18-15-12-9-6-3)83-77(80)71-68-65-62-59-56-53-50-46-32-29-26-23-20-17-14-11-8-5-2/h7,10,16,19-20,23,25,28-30,32-34,36-37,39-40,42-43,45,47-48,74H,4-6,8-9,11-15,17-18,21-22,24,26-27,31,35,38,41,44,46,49-73H2,1-3H3/b10-7-,19-16-,23-20-,28-25-,32-29-,34-33-,37-36-,40-39-,43-42-,47-45-,48-30-. The number of esters is 3. The van der Waals surface area contributed by atoms with Crippen molar-refractivity contribution in [1.29, 1.82) is 0 Å². The van der Waals surface area contributed by atoms with Crippen molar-refractivity contribution in [3.05, 3.63) is 134 Å². The highest BCUT2D eigenvalue weighted by atomic mass is 16.6. The smallest absolute Gasteiger partial charge is 0.306 e. The van der Waals surface area contributed by atoms with Crippen LogP contribution >= 0.6 is 0 Å². The molecule has 0 amide bonds. The normalized spacial score (nSPS) is 13.0. The summed E-state index contributed by atoms with van der Waals surface area (Å²) in [6.07, 6.45) is 98.9. The second kappa shape index (κ2) is 70.0. The topological polar surface area (TPSA) is 78.9 Å². The lowest BCUT2D eigenvalue weighted by Crippen LogP contribution is -2.30. The average Bonchev–Trinajstić information content (AvgIpc) is 3.49. The minimum atomic E-state index is -0.798. The molecule has 0 aromatic heterocycles. The Kier molecular flexibility index (Phi) is 66.3. The molecule has 0 aromatic rings. The summed E-state index contributed by atoms with van der Waals surface area (Å²) in [7, 11) is 0. The van der Waals surface area contributed by atoms with Crippen LogP contribution < -0.4 is 0 Å². The summed E-state index contributed by atoms with van der Waals surface area (Å²) in [5, 5.41) is 0. The van der Waals surface area contributed by atoms with E-state index in [1.807, 2.05) is 0 Å². The first-order chi connectivity index (χ1) is 41.0. The van der Waals surface area contributed by atoms with Gasteiger partial charge >= 0.3 is 17.9 Å². The van der Waals surface area contributed by atoms with Crippen molar-refractivity contribution >= 4 is 17.9 Å². The Labute approximate surface area is 513 Å². The zero-order valence-electron chi connectivity index (χ0n) is 54.2. The summed E-state index contributed by atoms with van der Waals surface area (Å²) in [4.78, 5) is 38.4. The van der Waals surface area contributed by atoms with E-state index in [0.29, 0.717) is 19.3 Å². The number of carbonyl (C=O) groups is 3. The number of carbonyl (C=O) groups excluding carboxylic acids is 3. The Hall–Kier alpha value is -4.45. The second-order valence-electron chi connectivity index (χ2n) is 22.7. The van der Waals surface area contributed by atoms with Crippen LogP contribution in [0.5, 0.6) is 0 Å². The zero-order valence-corrected chi connectivity index (χ0v) is 54.2. The van der Waals surface area contributed by atoms with Gasteiger partial charge in [-0.3, -0.25) is 14.4 Å². The molecule has 0 saturated carbocycles. The molecule has 6 heteroatoms. The lowest BCUT2D eigenvalue weighted by molar-refractivity contribution is -0.167. The Bertz CT molecular complexity index is 1750. The van der Waals surface area contributed by atoms with Gasteiger partial charge in [-0.15, -0.1) is 0 Å². The van der Waals surface area contributed by atoms with Crippen LogP contribution in [0, 0.1) is 0 Å². The Morgan fingerprint density at radius 1 is 0.253 bits per heavy atom. The maximum atomic E-state index is 12.9. The van der Waals surface area contributed by atoms with E-state index in [4.69, 9.17) is 14.2 Å². The van der Waals surface area contributed by atoms with Crippen LogP contribution in [0.1, 0.15) is 316 Å². The van der Waals surface area contributed by atoms with Gasteiger partial charge in [-0.05, 0) is 141 Å². The third-order valence-electron chi connectivity index (χ3n) is 14.6. The molecule has 1 atom stereocenters. The first-order valence-electron chi connectivity index (χ1n) is 34.7. The van der Waals surface area contributed by atoms with Crippen LogP contribution in [0.15, 0.2) is 134 Å². The van der Waals surface area contributed by atoms with Gasteiger partial charge in [-0.25, -0.2) is 0 Å². The summed E-state index contributed by atoms with van der Waals surface area (Å²) >= 11 is 0. The van der Waals surface area contributed by atoms with E-state index in [0.717, 1.165) is 141 Å². The molecule has 0 heterocycles. The first kappa shape index (κ1) is 78.5. The molecule has 0 bridgehead atoms. The maximum absolute atomic E-state index is 12.9. The lowest BCUT2D eigenvalue weighted by atomic mass is 10.1. The molecular weight excluding hydrogens is 1020 g/mol. The van der Waals surface area contributed by atoms with Crippen molar-refractivity contribution in [2.45, 2.75) is 322 Å². The van der Waals surface area contributed by atoms with E-state index >= 15 is 0 Å². The monoisotopic (exact) mass is 1150 g/mol. The third kappa shape index (κ3) is 68.2. The first-order valence-corrected chi connectivity index (χ1v) is 34.7. The predicted molar refractivity (Wildman–Crippen MR) is 362 cm³/mol. The van der Waals surface area contributed by atoms with Crippen molar-refractivity contribution in [3.63, 3.8) is 0 Å². The third-order valence-corrected chi connectivity index (χ3v) is 14.6. The Morgan fingerprint density at radius 3 is 0.759 bits per heavy atom. The predicted octanol–water partition coefficient (Wildman–Crippen LogP) is 24.1. The molecule has 1 unspecified atom stereocenters. The number of rotatable bonds is 62. The van der Waals surface area contributed by atoms with Gasteiger partial charge in [0, 0.05) is 19.3 Å². The van der Waals surface area contributed by atoms with E-state index in [1.165, 1.54) is 135 Å². The van der Waals surface area contributed by atoms with Crippen molar-refractivity contribution in [2.75, 3.05) is 13.2 Å². The van der Waals surface area contributed by atoms with Gasteiger partial charge in [0.15, 0.2) is 6.10 Å². The Morgan fingerprint density at radius 2 is 0.470 bits per heavy atom. The van der Waals surface area contributed by atoms with Crippen LogP contribution in [0.4, 0.5) is 0 Å². The van der Waals surface area contributed by atoms with Gasteiger partial charge in [-0.1, -0.05) is 289 Å². The SMILES string of the molecule is CC/C=C\C/C=C\C/C=C\C/C=C\C/C=C\C/C=C\C/C=C\C/C=C\CCCCCCCCC(=O)OCC(COC(=O)CCCCCCC/C=C\CCCCCCCCC)OC(=O)CCCCCCCCC/C=C\C/C=C\CCCCCC. The fourth-order valence-electron chi connectivity index (χ4n) is 9.43. The van der Waals surface area contributed by atoms with Gasteiger partial charge < -0.3 is 14.2 Å². The van der Waals surface area contributed by atoms with E-state index in [9.17, 15) is 14.4 Å². The molecule has 472 valence electrons. The maximum Gasteiger partial charge on any atom is 0.306 e. The van der Waals surface area contributed by atoms with E-state index < -0.39 is 6.10 Å². The van der Waals surface area contributed by atoms with Gasteiger partial charge in [0.25, 0.3) is 0 Å². The molecule has 0 rings (SSSR count). The van der Waals surface area contributed by atoms with Gasteiger partial charge in [0.2, 0.25) is 0 Å². The fourth-order valence-corrected chi connectivity index (χ4v) is 9.43. The summed E-state index contributed by atoms with van der Waals surface area (Å²) in [6.45, 7) is 6.50. The molecule has 83 heavy (non-hydrogen) atoms. The van der Waals surface area contributed by atoms with E-state index in [2.05, 4.69) is 154 Å². The van der Waals surface area contributed by atoms with Crippen molar-refractivity contribution in [2.24, 2.45) is 0 Å². The van der Waals surface area contributed by atoms with Crippen LogP contribution in [0.25, 0.3) is 0 Å². The molecule has 0 aliphatic carbocycles. The highest BCUT2D eigenvalue weighted by Crippen LogP contribution is 2.15. The number of allylic oxidation sites excluding steroid dienone is 22. The van der Waals surface area contributed by atoms with Gasteiger partial charge in [0.1, 0.15) is 13.2 Å². The molecule has 6 nitrogen and oxygen atoms in total. The summed E-state index contributed by atoms with van der Waals surface area (Å²) < 4.78 is 16.9. The fraction of sp³-hybridized carbons (Fsp3) is 0.675. The molecular formula is C77H128O6. The lowest BCUT2D eigenvalue weighted by Gasteiger charge is -2.18. The van der Waals surface area contributed by atoms with Crippen LogP contribution in [-0.2, 0) is 28.6 Å². The summed E-state index contributed by atoms with van der Waals surface area (Å²) in [5.41, 5.74) is 0. The van der Waals surface area contributed by atoms with Crippen molar-refractivity contribution < 1.29 is 28.6 Å². The van der Waals surface area contributed by atoms with E-state index in [-0.39, 0.29) is 31.1 Å². The van der Waals surface area contributed by atoms with Crippen molar-refractivity contribution in [3.8, 4) is 0 Å². The number of hydrogen-bond donors (Lipinski definition) is 0. The minimum absolute atomic E-state index is 0.0922. The molecule has 0 aliphatic rings. The highest BCUT2D eigenvalue weighted by Gasteiger charge is 2.19. The molecule has 0 radical (unpaired) electrons. The number of hydrogen-bond acceptors (Lipinski definition) is 6. The minimum Gasteiger partial charge on any atom is -0.462 e. The summed E-state index contributed by atoms with van der Waals surface area (Å²) in [6, 6.07) is 0. The molecule has 0 aliphatic heterocycles. The van der Waals surface area contributed by atoms with Crippen LogP contribution in [0.2, 0.25) is 0 Å². The largest absolute Gasteiger partial charge is 0.462 e. The molecule has 0 saturated heterocycles. The number of unbranched alkanes of at least 4 members (excludes halogenated alkanes) is 29. The van der Waals surface area contributed by atoms with Gasteiger partial charge in [0.05, 0.1) is 0 Å². The summed E-state index contributed by atoms with van der Waals surface area (Å²) in [5.74, 6) is -0.916. The van der Waals surface area contributed by atoms with E-state index in [1.54, 1.807) is 0 Å². The Balaban J connectivity index is 4.39. The molecule has 0 N–H and O–H groups in total. The molecule has 0 spiro atoms. The van der Waals surface area contributed by atoms with Crippen LogP contribution in [-0.4, -0.2) is 37.2 Å². The average molecular weight is 1150 g/mol.